The molecule has 0 bridgehead atoms. The van der Waals surface area contributed by atoms with Gasteiger partial charge >= 0.3 is 0 Å². The van der Waals surface area contributed by atoms with E-state index in [-0.39, 0.29) is 12.3 Å². The van der Waals surface area contributed by atoms with Crippen LogP contribution in [0.5, 0.6) is 5.75 Å². The number of methoxy groups -OCH3 is 1. The number of pyridine rings is 1. The molecular weight excluding hydrogens is 300 g/mol. The lowest BCUT2D eigenvalue weighted by atomic mass is 10.1. The van der Waals surface area contributed by atoms with E-state index in [0.29, 0.717) is 17.3 Å². The van der Waals surface area contributed by atoms with E-state index in [9.17, 15) is 4.79 Å². The van der Waals surface area contributed by atoms with Crippen molar-refractivity contribution in [3.8, 4) is 5.75 Å². The van der Waals surface area contributed by atoms with Gasteiger partial charge in [0.25, 0.3) is 0 Å². The van der Waals surface area contributed by atoms with E-state index in [4.69, 9.17) is 16.3 Å². The Kier molecular flexibility index (Phi) is 5.78. The zero-order chi connectivity index (χ0) is 15.9. The van der Waals surface area contributed by atoms with Gasteiger partial charge in [0.15, 0.2) is 0 Å². The first-order valence-corrected chi connectivity index (χ1v) is 7.43. The van der Waals surface area contributed by atoms with Gasteiger partial charge in [0, 0.05) is 36.6 Å². The molecule has 2 rings (SSSR count). The third-order valence-corrected chi connectivity index (χ3v) is 3.73. The van der Waals surface area contributed by atoms with Gasteiger partial charge in [0.2, 0.25) is 5.91 Å². The molecule has 0 aliphatic rings. The van der Waals surface area contributed by atoms with Crippen LogP contribution in [0.1, 0.15) is 11.1 Å². The molecule has 1 aromatic heterocycles. The second-order valence-corrected chi connectivity index (χ2v) is 5.49. The smallest absolute Gasteiger partial charge is 0.226 e. The molecule has 1 amide bonds. The quantitative estimate of drug-likeness (QED) is 0.822. The molecule has 0 saturated heterocycles. The fourth-order valence-corrected chi connectivity index (χ4v) is 2.35. The molecule has 0 aliphatic heterocycles. The van der Waals surface area contributed by atoms with E-state index in [0.717, 1.165) is 17.5 Å². The van der Waals surface area contributed by atoms with Crippen LogP contribution in [0.25, 0.3) is 0 Å². The normalized spacial score (nSPS) is 10.3. The molecule has 0 unspecified atom stereocenters. The van der Waals surface area contributed by atoms with Crippen LogP contribution in [0.4, 0.5) is 0 Å². The number of nitrogens with zero attached hydrogens (tertiary/aromatic N) is 2. The second-order valence-electron chi connectivity index (χ2n) is 5.05. The summed E-state index contributed by atoms with van der Waals surface area (Å²) in [4.78, 5) is 18.0. The third kappa shape index (κ3) is 4.46. The summed E-state index contributed by atoms with van der Waals surface area (Å²) >= 11 is 5.99. The van der Waals surface area contributed by atoms with E-state index < -0.39 is 0 Å². The summed E-state index contributed by atoms with van der Waals surface area (Å²) in [7, 11) is 3.39. The summed E-state index contributed by atoms with van der Waals surface area (Å²) in [6.07, 6.45) is 4.59. The van der Waals surface area contributed by atoms with E-state index in [2.05, 4.69) is 4.98 Å². The van der Waals surface area contributed by atoms with Gasteiger partial charge in [-0.2, -0.15) is 0 Å². The fourth-order valence-electron chi connectivity index (χ4n) is 2.15. The Morgan fingerprint density at radius 2 is 2.00 bits per heavy atom. The first-order chi connectivity index (χ1) is 10.6. The summed E-state index contributed by atoms with van der Waals surface area (Å²) in [5, 5.41) is 0.600. The number of hydrogen-bond acceptors (Lipinski definition) is 3. The summed E-state index contributed by atoms with van der Waals surface area (Å²) in [5.41, 5.74) is 1.96. The maximum absolute atomic E-state index is 12.3. The molecule has 116 valence electrons. The van der Waals surface area contributed by atoms with Crippen molar-refractivity contribution in [3.63, 3.8) is 0 Å². The third-order valence-electron chi connectivity index (χ3n) is 3.50. The monoisotopic (exact) mass is 318 g/mol. The number of benzene rings is 1. The molecule has 0 spiro atoms. The summed E-state index contributed by atoms with van der Waals surface area (Å²) in [6.45, 7) is 0.658. The van der Waals surface area contributed by atoms with Gasteiger partial charge in [0.05, 0.1) is 13.5 Å². The van der Waals surface area contributed by atoms with Crippen molar-refractivity contribution in [3.05, 3.63) is 58.9 Å². The van der Waals surface area contributed by atoms with Gasteiger partial charge in [-0.3, -0.25) is 9.78 Å². The van der Waals surface area contributed by atoms with E-state index >= 15 is 0 Å². The lowest BCUT2D eigenvalue weighted by Crippen LogP contribution is -2.30. The number of amides is 1. The van der Waals surface area contributed by atoms with Crippen LogP contribution in [0.3, 0.4) is 0 Å². The van der Waals surface area contributed by atoms with Gasteiger partial charge in [0.1, 0.15) is 5.75 Å². The van der Waals surface area contributed by atoms with Gasteiger partial charge in [-0.15, -0.1) is 0 Å². The van der Waals surface area contributed by atoms with Crippen molar-refractivity contribution in [2.45, 2.75) is 12.8 Å². The van der Waals surface area contributed by atoms with Crippen molar-refractivity contribution in [1.29, 1.82) is 0 Å². The molecule has 22 heavy (non-hydrogen) atoms. The Morgan fingerprint density at radius 3 is 2.68 bits per heavy atom. The lowest BCUT2D eigenvalue weighted by molar-refractivity contribution is -0.129. The Balaban J connectivity index is 1.95. The van der Waals surface area contributed by atoms with Crippen LogP contribution >= 0.6 is 11.6 Å². The van der Waals surface area contributed by atoms with Gasteiger partial charge < -0.3 is 9.64 Å². The molecule has 0 saturated carbocycles. The predicted molar refractivity (Wildman–Crippen MR) is 87.3 cm³/mol. The highest BCUT2D eigenvalue weighted by Crippen LogP contribution is 2.23. The van der Waals surface area contributed by atoms with Crippen molar-refractivity contribution >= 4 is 17.5 Å². The molecular formula is C17H19ClN2O2. The molecule has 0 atom stereocenters. The van der Waals surface area contributed by atoms with E-state index in [1.54, 1.807) is 49.7 Å². The molecule has 5 heteroatoms. The number of carbonyl (C=O) groups is 1. The van der Waals surface area contributed by atoms with Gasteiger partial charge in [-0.05, 0) is 42.3 Å². The minimum atomic E-state index is 0.0367. The average molecular weight is 319 g/mol. The van der Waals surface area contributed by atoms with Crippen LogP contribution in [-0.4, -0.2) is 36.5 Å². The average Bonchev–Trinajstić information content (AvgIpc) is 2.53. The van der Waals surface area contributed by atoms with Crippen LogP contribution in [0.15, 0.2) is 42.7 Å². The fraction of sp³-hybridized carbons (Fsp3) is 0.294. The second kappa shape index (κ2) is 7.80. The Bertz CT molecular complexity index is 632. The highest BCUT2D eigenvalue weighted by Gasteiger charge is 2.13. The highest BCUT2D eigenvalue weighted by molar-refractivity contribution is 6.30. The van der Waals surface area contributed by atoms with Gasteiger partial charge in [-0.25, -0.2) is 0 Å². The summed E-state index contributed by atoms with van der Waals surface area (Å²) < 4.78 is 5.27. The van der Waals surface area contributed by atoms with Crippen LogP contribution in [0.2, 0.25) is 5.02 Å². The van der Waals surface area contributed by atoms with Crippen LogP contribution in [-0.2, 0) is 17.6 Å². The molecule has 0 fully saturated rings. The Morgan fingerprint density at radius 1 is 1.27 bits per heavy atom. The number of hydrogen-bond donors (Lipinski definition) is 0. The topological polar surface area (TPSA) is 42.4 Å². The summed E-state index contributed by atoms with van der Waals surface area (Å²) in [5.74, 6) is 0.718. The lowest BCUT2D eigenvalue weighted by Gasteiger charge is -2.18. The maximum Gasteiger partial charge on any atom is 0.226 e. The standard InChI is InChI=1S/C17H19ClN2O2/c1-20(10-7-13-5-8-19-9-6-13)17(21)12-14-11-15(18)3-4-16(14)22-2/h3-6,8-9,11H,7,10,12H2,1-2H3. The van der Waals surface area contributed by atoms with Crippen molar-refractivity contribution in [2.75, 3.05) is 20.7 Å². The molecule has 0 N–H and O–H groups in total. The minimum absolute atomic E-state index is 0.0367. The number of ether oxygens (including phenoxy) is 1. The molecule has 1 heterocycles. The molecule has 0 radical (unpaired) electrons. The highest BCUT2D eigenvalue weighted by atomic mass is 35.5. The molecule has 2 aromatic rings. The number of rotatable bonds is 6. The van der Waals surface area contributed by atoms with Crippen molar-refractivity contribution in [2.24, 2.45) is 0 Å². The number of halogens is 1. The summed E-state index contributed by atoms with van der Waals surface area (Å²) in [6, 6.07) is 9.22. The van der Waals surface area contributed by atoms with Gasteiger partial charge in [-0.1, -0.05) is 11.6 Å². The first-order valence-electron chi connectivity index (χ1n) is 7.05. The zero-order valence-corrected chi connectivity index (χ0v) is 13.5. The number of carbonyl (C=O) groups excluding carboxylic acids is 1. The maximum atomic E-state index is 12.3. The molecule has 1 aromatic carbocycles. The number of likely N-dealkylation sites (N-methyl/N-ethyl adjacent to an activating group) is 1. The SMILES string of the molecule is COc1ccc(Cl)cc1CC(=O)N(C)CCc1ccncc1. The first kappa shape index (κ1) is 16.3. The largest absolute Gasteiger partial charge is 0.496 e. The number of aromatic nitrogens is 1. The molecule has 4 nitrogen and oxygen atoms in total. The van der Waals surface area contributed by atoms with Crippen LogP contribution in [0, 0.1) is 0 Å². The van der Waals surface area contributed by atoms with E-state index in [1.165, 1.54) is 0 Å². The predicted octanol–water partition coefficient (Wildman–Crippen LogP) is 2.99. The zero-order valence-electron chi connectivity index (χ0n) is 12.8. The Labute approximate surface area is 135 Å². The van der Waals surface area contributed by atoms with Crippen LogP contribution < -0.4 is 4.74 Å². The Hall–Kier alpha value is -2.07. The minimum Gasteiger partial charge on any atom is -0.496 e. The van der Waals surface area contributed by atoms with E-state index in [1.807, 2.05) is 12.1 Å². The van der Waals surface area contributed by atoms with Crippen molar-refractivity contribution < 1.29 is 9.53 Å². The van der Waals surface area contributed by atoms with Crippen molar-refractivity contribution in [1.82, 2.24) is 9.88 Å². The molecule has 0 aliphatic carbocycles.